The summed E-state index contributed by atoms with van der Waals surface area (Å²) in [6.07, 6.45) is 10.0. The number of halogens is 1. The van der Waals surface area contributed by atoms with E-state index in [0.717, 1.165) is 29.7 Å². The molecule has 1 aliphatic heterocycles. The van der Waals surface area contributed by atoms with E-state index in [0.29, 0.717) is 27.1 Å². The van der Waals surface area contributed by atoms with E-state index >= 15 is 0 Å². The van der Waals surface area contributed by atoms with E-state index in [4.69, 9.17) is 23.1 Å². The van der Waals surface area contributed by atoms with Crippen molar-refractivity contribution in [3.8, 4) is 0 Å². The normalized spacial score (nSPS) is 21.7. The summed E-state index contributed by atoms with van der Waals surface area (Å²) in [5, 5.41) is 1.05. The third-order valence-corrected chi connectivity index (χ3v) is 7.51. The Balaban J connectivity index is 1.45. The van der Waals surface area contributed by atoms with Crippen molar-refractivity contribution in [3.05, 3.63) is 23.5 Å². The molecule has 1 atom stereocenters. The molecule has 144 valence electrons. The third-order valence-electron chi connectivity index (χ3n) is 5.94. The highest BCUT2D eigenvalue weighted by Gasteiger charge is 2.40. The molecule has 0 aromatic carbocycles. The Bertz CT molecular complexity index is 837. The first kappa shape index (κ1) is 18.6. The fourth-order valence-electron chi connectivity index (χ4n) is 4.40. The zero-order chi connectivity index (χ0) is 19.0. The van der Waals surface area contributed by atoms with Crippen LogP contribution in [0.15, 0.2) is 28.4 Å². The van der Waals surface area contributed by atoms with Crippen LogP contribution in [0.3, 0.4) is 0 Å². The molecule has 4 N–H and O–H groups in total. The Kier molecular flexibility index (Phi) is 5.07. The van der Waals surface area contributed by atoms with E-state index in [1.807, 2.05) is 6.20 Å². The van der Waals surface area contributed by atoms with Crippen LogP contribution in [0, 0.1) is 11.3 Å². The number of nitrogens with two attached hydrogens (primary N) is 2. The molecule has 4 rings (SSSR count). The summed E-state index contributed by atoms with van der Waals surface area (Å²) >= 11 is 7.57. The van der Waals surface area contributed by atoms with Crippen LogP contribution in [0.4, 0.5) is 17.5 Å². The maximum Gasteiger partial charge on any atom is 0.158 e. The topological polar surface area (TPSA) is 94.0 Å². The van der Waals surface area contributed by atoms with Crippen LogP contribution < -0.4 is 16.4 Å². The predicted octanol–water partition coefficient (Wildman–Crippen LogP) is 4.25. The average Bonchev–Trinajstić information content (AvgIpc) is 3.01. The lowest BCUT2D eigenvalue weighted by Gasteiger charge is -2.40. The van der Waals surface area contributed by atoms with Gasteiger partial charge in [0.15, 0.2) is 5.82 Å². The first-order chi connectivity index (χ1) is 13.0. The van der Waals surface area contributed by atoms with Crippen LogP contribution in [-0.2, 0) is 0 Å². The molecule has 27 heavy (non-hydrogen) atoms. The molecule has 1 spiro atoms. The van der Waals surface area contributed by atoms with Gasteiger partial charge in [-0.05, 0) is 43.1 Å². The maximum absolute atomic E-state index is 6.21. The standard InChI is InChI=1S/C19H25ClN6S/c1-12-2-4-19(10-12)5-8-26(9-6-19)14-11-24-18(17(22)25-14)27-13-3-7-23-16(21)15(13)20/h3,7,11-12H,2,4-6,8-10H2,1H3,(H2,21,23)(H2,22,25)/t12-/m0/s1. The highest BCUT2D eigenvalue weighted by Crippen LogP contribution is 2.49. The third kappa shape index (κ3) is 3.80. The Morgan fingerprint density at radius 2 is 1.96 bits per heavy atom. The van der Waals surface area contributed by atoms with E-state index in [9.17, 15) is 0 Å². The molecule has 0 radical (unpaired) electrons. The number of nitrogen functional groups attached to an aromatic ring is 2. The molecule has 0 unspecified atom stereocenters. The van der Waals surface area contributed by atoms with E-state index in [2.05, 4.69) is 26.8 Å². The van der Waals surface area contributed by atoms with Crippen molar-refractivity contribution in [1.29, 1.82) is 0 Å². The summed E-state index contributed by atoms with van der Waals surface area (Å²) < 4.78 is 0. The largest absolute Gasteiger partial charge is 0.382 e. The molecule has 1 aliphatic carbocycles. The van der Waals surface area contributed by atoms with Crippen molar-refractivity contribution in [1.82, 2.24) is 15.0 Å². The van der Waals surface area contributed by atoms with Gasteiger partial charge in [0.25, 0.3) is 0 Å². The van der Waals surface area contributed by atoms with E-state index < -0.39 is 0 Å². The number of anilines is 3. The van der Waals surface area contributed by atoms with E-state index in [1.165, 1.54) is 43.9 Å². The lowest BCUT2D eigenvalue weighted by atomic mass is 9.76. The summed E-state index contributed by atoms with van der Waals surface area (Å²) in [5.74, 6) is 2.45. The van der Waals surface area contributed by atoms with Crippen molar-refractivity contribution in [2.45, 2.75) is 48.9 Å². The molecule has 3 heterocycles. The van der Waals surface area contributed by atoms with Gasteiger partial charge < -0.3 is 16.4 Å². The summed E-state index contributed by atoms with van der Waals surface area (Å²) in [6.45, 7) is 4.44. The van der Waals surface area contributed by atoms with Crippen LogP contribution in [0.1, 0.15) is 39.0 Å². The molecule has 2 aromatic rings. The number of rotatable bonds is 3. The number of piperidine rings is 1. The lowest BCUT2D eigenvalue weighted by molar-refractivity contribution is 0.218. The number of nitrogens with zero attached hydrogens (tertiary/aromatic N) is 4. The molecule has 1 saturated carbocycles. The number of aromatic nitrogens is 3. The number of hydrogen-bond acceptors (Lipinski definition) is 7. The Labute approximate surface area is 169 Å². The molecule has 0 amide bonds. The molecule has 2 fully saturated rings. The molecule has 2 aromatic heterocycles. The van der Waals surface area contributed by atoms with E-state index in [-0.39, 0.29) is 0 Å². The first-order valence-corrected chi connectivity index (χ1v) is 10.6. The number of hydrogen-bond donors (Lipinski definition) is 2. The summed E-state index contributed by atoms with van der Waals surface area (Å²) in [6, 6.07) is 1.80. The van der Waals surface area contributed by atoms with Crippen molar-refractivity contribution < 1.29 is 0 Å². The fraction of sp³-hybridized carbons (Fsp3) is 0.526. The first-order valence-electron chi connectivity index (χ1n) is 9.41. The molecular weight excluding hydrogens is 380 g/mol. The van der Waals surface area contributed by atoms with Gasteiger partial charge in [-0.2, -0.15) is 0 Å². The minimum atomic E-state index is 0.299. The highest BCUT2D eigenvalue weighted by atomic mass is 35.5. The van der Waals surface area contributed by atoms with Gasteiger partial charge in [-0.15, -0.1) is 0 Å². The summed E-state index contributed by atoms with van der Waals surface area (Å²) in [5.41, 5.74) is 12.5. The van der Waals surface area contributed by atoms with Gasteiger partial charge in [0.2, 0.25) is 0 Å². The second-order valence-electron chi connectivity index (χ2n) is 7.86. The molecule has 0 bridgehead atoms. The van der Waals surface area contributed by atoms with Crippen LogP contribution in [0.25, 0.3) is 0 Å². The Morgan fingerprint density at radius 3 is 2.63 bits per heavy atom. The van der Waals surface area contributed by atoms with Crippen LogP contribution in [-0.4, -0.2) is 28.0 Å². The Hall–Kier alpha value is -1.73. The summed E-state index contributed by atoms with van der Waals surface area (Å²) in [4.78, 5) is 16.2. The van der Waals surface area contributed by atoms with Gasteiger partial charge in [0, 0.05) is 24.2 Å². The van der Waals surface area contributed by atoms with Gasteiger partial charge in [0.05, 0.1) is 11.2 Å². The molecule has 6 nitrogen and oxygen atoms in total. The smallest absolute Gasteiger partial charge is 0.158 e. The van der Waals surface area contributed by atoms with Gasteiger partial charge in [-0.3, -0.25) is 0 Å². The van der Waals surface area contributed by atoms with Gasteiger partial charge in [-0.1, -0.05) is 36.7 Å². The lowest BCUT2D eigenvalue weighted by Crippen LogP contribution is -2.39. The van der Waals surface area contributed by atoms with Crippen LogP contribution in [0.5, 0.6) is 0 Å². The second-order valence-corrected chi connectivity index (χ2v) is 9.27. The zero-order valence-electron chi connectivity index (χ0n) is 15.5. The molecular formula is C19H25ClN6S. The van der Waals surface area contributed by atoms with Gasteiger partial charge in [0.1, 0.15) is 16.7 Å². The Morgan fingerprint density at radius 1 is 1.19 bits per heavy atom. The SMILES string of the molecule is C[C@H]1CCC2(CCN(c3cnc(Sc4ccnc(N)c4Cl)c(N)n3)CC2)C1. The summed E-state index contributed by atoms with van der Waals surface area (Å²) in [7, 11) is 0. The minimum Gasteiger partial charge on any atom is -0.382 e. The average molecular weight is 405 g/mol. The van der Waals surface area contributed by atoms with Crippen LogP contribution >= 0.6 is 23.4 Å². The second kappa shape index (κ2) is 7.36. The maximum atomic E-state index is 6.21. The minimum absolute atomic E-state index is 0.299. The fourth-order valence-corrected chi connectivity index (χ4v) is 5.41. The van der Waals surface area contributed by atoms with Gasteiger partial charge >= 0.3 is 0 Å². The van der Waals surface area contributed by atoms with Crippen molar-refractivity contribution >= 4 is 40.8 Å². The molecule has 8 heteroatoms. The van der Waals surface area contributed by atoms with Gasteiger partial charge in [-0.25, -0.2) is 15.0 Å². The quantitative estimate of drug-likeness (QED) is 0.789. The van der Waals surface area contributed by atoms with E-state index in [1.54, 1.807) is 12.3 Å². The van der Waals surface area contributed by atoms with Crippen molar-refractivity contribution in [3.63, 3.8) is 0 Å². The monoisotopic (exact) mass is 404 g/mol. The molecule has 1 saturated heterocycles. The van der Waals surface area contributed by atoms with Crippen molar-refractivity contribution in [2.75, 3.05) is 29.5 Å². The van der Waals surface area contributed by atoms with Crippen LogP contribution in [0.2, 0.25) is 5.02 Å². The van der Waals surface area contributed by atoms with Crippen molar-refractivity contribution in [2.24, 2.45) is 11.3 Å². The number of pyridine rings is 1. The molecule has 2 aliphatic rings. The predicted molar refractivity (Wildman–Crippen MR) is 111 cm³/mol. The highest BCUT2D eigenvalue weighted by molar-refractivity contribution is 7.99. The zero-order valence-corrected chi connectivity index (χ0v) is 17.1.